The molecule has 1 aliphatic carbocycles. The van der Waals surface area contributed by atoms with Crippen molar-refractivity contribution in [2.45, 2.75) is 31.1 Å². The van der Waals surface area contributed by atoms with E-state index in [-0.39, 0.29) is 23.1 Å². The summed E-state index contributed by atoms with van der Waals surface area (Å²) < 4.78 is 13.8. The number of carbonyl (C=O) groups excluding carboxylic acids is 1. The maximum atomic E-state index is 13.8. The molecular formula is C19H17ClFNO. The molecule has 1 fully saturated rings. The van der Waals surface area contributed by atoms with Crippen molar-refractivity contribution in [1.82, 2.24) is 0 Å². The number of nitrogens with one attached hydrogen (secondary N) is 1. The average Bonchev–Trinajstić information content (AvgIpc) is 3.15. The molecule has 23 heavy (non-hydrogen) atoms. The van der Waals surface area contributed by atoms with Crippen molar-refractivity contribution in [2.24, 2.45) is 5.92 Å². The zero-order valence-electron chi connectivity index (χ0n) is 13.0. The van der Waals surface area contributed by atoms with Crippen LogP contribution in [0, 0.1) is 11.7 Å². The Morgan fingerprint density at radius 1 is 1.17 bits per heavy atom. The molecule has 4 heteroatoms. The largest absolute Gasteiger partial charge is 0.325 e. The van der Waals surface area contributed by atoms with Crippen molar-refractivity contribution in [2.75, 3.05) is 5.32 Å². The third kappa shape index (κ3) is 1.71. The Labute approximate surface area is 139 Å². The number of amides is 1. The summed E-state index contributed by atoms with van der Waals surface area (Å²) >= 11 is 6.01. The van der Waals surface area contributed by atoms with Gasteiger partial charge in [-0.15, -0.1) is 0 Å². The molecule has 0 saturated heterocycles. The van der Waals surface area contributed by atoms with Gasteiger partial charge in [0, 0.05) is 16.1 Å². The normalized spacial score (nSPS) is 28.1. The van der Waals surface area contributed by atoms with Crippen LogP contribution in [0.25, 0.3) is 0 Å². The first-order valence-electron chi connectivity index (χ1n) is 7.79. The molecule has 2 aromatic rings. The zero-order chi connectivity index (χ0) is 16.4. The van der Waals surface area contributed by atoms with Crippen LogP contribution in [-0.2, 0) is 15.6 Å². The third-order valence-electron chi connectivity index (χ3n) is 5.60. The number of carbonyl (C=O) groups is 1. The number of rotatable bonds is 2. The van der Waals surface area contributed by atoms with Crippen LogP contribution < -0.4 is 5.32 Å². The van der Waals surface area contributed by atoms with Crippen molar-refractivity contribution in [3.05, 3.63) is 64.4 Å². The molecule has 0 bridgehead atoms. The maximum absolute atomic E-state index is 13.8. The Kier molecular flexibility index (Phi) is 2.92. The van der Waals surface area contributed by atoms with Crippen LogP contribution in [0.1, 0.15) is 31.4 Å². The van der Waals surface area contributed by atoms with E-state index in [0.29, 0.717) is 11.4 Å². The van der Waals surface area contributed by atoms with E-state index in [1.165, 1.54) is 12.1 Å². The number of hydrogen-bond acceptors (Lipinski definition) is 1. The lowest BCUT2D eigenvalue weighted by Gasteiger charge is -2.26. The second-order valence-corrected chi connectivity index (χ2v) is 7.30. The highest BCUT2D eigenvalue weighted by Gasteiger charge is 2.76. The Balaban J connectivity index is 1.92. The minimum atomic E-state index is -0.674. The summed E-state index contributed by atoms with van der Waals surface area (Å²) in [5.74, 6) is -0.0920. The van der Waals surface area contributed by atoms with Gasteiger partial charge in [-0.3, -0.25) is 4.79 Å². The highest BCUT2D eigenvalue weighted by Crippen LogP contribution is 2.72. The van der Waals surface area contributed by atoms with Gasteiger partial charge in [0.05, 0.1) is 5.41 Å². The van der Waals surface area contributed by atoms with Crippen LogP contribution in [0.5, 0.6) is 0 Å². The lowest BCUT2D eigenvalue weighted by molar-refractivity contribution is -0.118. The number of hydrogen-bond donors (Lipinski definition) is 1. The minimum absolute atomic E-state index is 0.0262. The number of anilines is 1. The predicted octanol–water partition coefficient (Wildman–Crippen LogP) is 4.67. The average molecular weight is 330 g/mol. The first-order chi connectivity index (χ1) is 10.9. The fourth-order valence-corrected chi connectivity index (χ4v) is 4.57. The molecule has 2 nitrogen and oxygen atoms in total. The van der Waals surface area contributed by atoms with Crippen LogP contribution in [0.4, 0.5) is 10.1 Å². The van der Waals surface area contributed by atoms with Crippen LogP contribution >= 0.6 is 11.6 Å². The molecule has 4 rings (SSSR count). The number of fused-ring (bicyclic) bond motifs is 2. The lowest BCUT2D eigenvalue weighted by Crippen LogP contribution is -2.33. The smallest absolute Gasteiger partial charge is 0.236 e. The van der Waals surface area contributed by atoms with E-state index in [4.69, 9.17) is 11.6 Å². The molecule has 1 amide bonds. The molecule has 1 heterocycles. The van der Waals surface area contributed by atoms with Gasteiger partial charge in [-0.05, 0) is 53.8 Å². The first-order valence-corrected chi connectivity index (χ1v) is 8.17. The van der Waals surface area contributed by atoms with Crippen molar-refractivity contribution >= 4 is 23.2 Å². The first kappa shape index (κ1) is 14.7. The second kappa shape index (κ2) is 4.57. The van der Waals surface area contributed by atoms with Crippen LogP contribution in [0.15, 0.2) is 42.5 Å². The van der Waals surface area contributed by atoms with Gasteiger partial charge in [-0.25, -0.2) is 4.39 Å². The summed E-state index contributed by atoms with van der Waals surface area (Å²) in [5.41, 5.74) is 1.61. The highest BCUT2D eigenvalue weighted by atomic mass is 35.5. The standard InChI is InChI=1S/C19H17ClFNO/c1-11(2)18(12-3-5-13(20)6-4-12)10-19(18)15-9-14(21)7-8-16(15)22-17(19)23/h3-9,11H,10H2,1-2H3,(H,22,23)/t18-,19-/m0/s1. The van der Waals surface area contributed by atoms with Gasteiger partial charge in [-0.1, -0.05) is 37.6 Å². The van der Waals surface area contributed by atoms with Crippen molar-refractivity contribution in [1.29, 1.82) is 0 Å². The van der Waals surface area contributed by atoms with Gasteiger partial charge in [-0.2, -0.15) is 0 Å². The molecule has 2 atom stereocenters. The monoisotopic (exact) mass is 329 g/mol. The van der Waals surface area contributed by atoms with Gasteiger partial charge < -0.3 is 5.32 Å². The fraction of sp³-hybridized carbons (Fsp3) is 0.316. The van der Waals surface area contributed by atoms with Gasteiger partial charge in [0.2, 0.25) is 5.91 Å². The van der Waals surface area contributed by atoms with Gasteiger partial charge >= 0.3 is 0 Å². The van der Waals surface area contributed by atoms with Crippen molar-refractivity contribution < 1.29 is 9.18 Å². The Bertz CT molecular complexity index is 817. The fourth-order valence-electron chi connectivity index (χ4n) is 4.45. The molecule has 0 unspecified atom stereocenters. The third-order valence-corrected chi connectivity index (χ3v) is 5.85. The van der Waals surface area contributed by atoms with Crippen molar-refractivity contribution in [3.8, 4) is 0 Å². The van der Waals surface area contributed by atoms with E-state index < -0.39 is 5.41 Å². The molecule has 0 aromatic heterocycles. The molecule has 1 N–H and O–H groups in total. The Morgan fingerprint density at radius 3 is 2.52 bits per heavy atom. The quantitative estimate of drug-likeness (QED) is 0.852. The summed E-state index contributed by atoms with van der Waals surface area (Å²) in [5, 5.41) is 3.61. The summed E-state index contributed by atoms with van der Waals surface area (Å²) in [6, 6.07) is 12.2. The number of halogens is 2. The summed E-state index contributed by atoms with van der Waals surface area (Å²) in [6.07, 6.45) is 0.696. The van der Waals surface area contributed by atoms with Gasteiger partial charge in [0.15, 0.2) is 0 Å². The Morgan fingerprint density at radius 2 is 1.87 bits per heavy atom. The molecule has 2 aromatic carbocycles. The zero-order valence-corrected chi connectivity index (χ0v) is 13.7. The van der Waals surface area contributed by atoms with Gasteiger partial charge in [0.25, 0.3) is 0 Å². The number of benzene rings is 2. The summed E-state index contributed by atoms with van der Waals surface area (Å²) in [6.45, 7) is 4.24. The summed E-state index contributed by atoms with van der Waals surface area (Å²) in [7, 11) is 0. The summed E-state index contributed by atoms with van der Waals surface area (Å²) in [4.78, 5) is 12.8. The lowest BCUT2D eigenvalue weighted by atomic mass is 9.75. The van der Waals surface area contributed by atoms with Gasteiger partial charge in [0.1, 0.15) is 5.82 Å². The SMILES string of the molecule is CC(C)[C@]1(c2ccc(Cl)cc2)C[C@]12C(=O)Nc1ccc(F)cc12. The minimum Gasteiger partial charge on any atom is -0.325 e. The Hall–Kier alpha value is -1.87. The van der Waals surface area contributed by atoms with E-state index >= 15 is 0 Å². The van der Waals surface area contributed by atoms with Crippen LogP contribution in [-0.4, -0.2) is 5.91 Å². The maximum Gasteiger partial charge on any atom is 0.236 e. The molecule has 0 radical (unpaired) electrons. The van der Waals surface area contributed by atoms with Crippen LogP contribution in [0.3, 0.4) is 0 Å². The molecule has 2 aliphatic rings. The highest BCUT2D eigenvalue weighted by molar-refractivity contribution is 6.30. The van der Waals surface area contributed by atoms with Crippen LogP contribution in [0.2, 0.25) is 5.02 Å². The van der Waals surface area contributed by atoms with E-state index in [0.717, 1.165) is 16.8 Å². The molecule has 1 spiro atoms. The van der Waals surface area contributed by atoms with E-state index in [1.807, 2.05) is 24.3 Å². The molecule has 1 saturated carbocycles. The van der Waals surface area contributed by atoms with E-state index in [2.05, 4.69) is 19.2 Å². The molecular weight excluding hydrogens is 313 g/mol. The topological polar surface area (TPSA) is 29.1 Å². The molecule has 118 valence electrons. The van der Waals surface area contributed by atoms with E-state index in [1.54, 1.807) is 6.07 Å². The predicted molar refractivity (Wildman–Crippen MR) is 89.3 cm³/mol. The second-order valence-electron chi connectivity index (χ2n) is 6.86. The van der Waals surface area contributed by atoms with Crippen molar-refractivity contribution in [3.63, 3.8) is 0 Å². The molecule has 1 aliphatic heterocycles. The van der Waals surface area contributed by atoms with E-state index in [9.17, 15) is 9.18 Å².